The van der Waals surface area contributed by atoms with E-state index in [0.717, 1.165) is 31.6 Å². The number of aromatic nitrogens is 1. The smallest absolute Gasteiger partial charge is 0.268 e. The number of rotatable bonds is 4. The van der Waals surface area contributed by atoms with Gasteiger partial charge in [-0.1, -0.05) is 6.92 Å². The highest BCUT2D eigenvalue weighted by Gasteiger charge is 2.21. The normalized spacial score (nSPS) is 17.9. The lowest BCUT2D eigenvalue weighted by atomic mass is 10.0. The van der Waals surface area contributed by atoms with Crippen LogP contribution in [0.3, 0.4) is 0 Å². The molecule has 1 aromatic heterocycles. The van der Waals surface area contributed by atoms with Crippen LogP contribution < -0.4 is 5.32 Å². The molecule has 4 heteroatoms. The minimum atomic E-state index is 0.0523. The summed E-state index contributed by atoms with van der Waals surface area (Å²) in [6, 6.07) is 4.10. The highest BCUT2D eigenvalue weighted by molar-refractivity contribution is 5.92. The molecule has 2 rings (SSSR count). The molecule has 18 heavy (non-hydrogen) atoms. The van der Waals surface area contributed by atoms with E-state index in [2.05, 4.69) is 17.1 Å². The van der Waals surface area contributed by atoms with E-state index in [1.807, 2.05) is 29.9 Å². The molecule has 0 saturated carbocycles. The minimum Gasteiger partial charge on any atom is -0.348 e. The van der Waals surface area contributed by atoms with Crippen molar-refractivity contribution in [1.29, 1.82) is 0 Å². The number of piperidine rings is 1. The van der Waals surface area contributed by atoms with Crippen LogP contribution in [-0.2, 0) is 7.05 Å². The maximum Gasteiger partial charge on any atom is 0.268 e. The van der Waals surface area contributed by atoms with Crippen molar-refractivity contribution in [2.45, 2.75) is 32.2 Å². The molecule has 100 valence electrons. The lowest BCUT2D eigenvalue weighted by Gasteiger charge is -2.32. The van der Waals surface area contributed by atoms with Gasteiger partial charge in [0.25, 0.3) is 5.91 Å². The van der Waals surface area contributed by atoms with Gasteiger partial charge in [0.1, 0.15) is 5.69 Å². The maximum atomic E-state index is 12.1. The summed E-state index contributed by atoms with van der Waals surface area (Å²) in [5.74, 6) is 0.0523. The lowest BCUT2D eigenvalue weighted by molar-refractivity contribution is 0.0903. The van der Waals surface area contributed by atoms with Crippen molar-refractivity contribution in [3.63, 3.8) is 0 Å². The Morgan fingerprint density at radius 3 is 2.72 bits per heavy atom. The van der Waals surface area contributed by atoms with Gasteiger partial charge in [-0.2, -0.15) is 0 Å². The average Bonchev–Trinajstić information content (AvgIpc) is 2.78. The second-order valence-electron chi connectivity index (χ2n) is 5.09. The van der Waals surface area contributed by atoms with E-state index in [0.29, 0.717) is 6.04 Å². The number of likely N-dealkylation sites (tertiary alicyclic amines) is 1. The second kappa shape index (κ2) is 6.05. The van der Waals surface area contributed by atoms with Crippen molar-refractivity contribution >= 4 is 5.91 Å². The fourth-order valence-electron chi connectivity index (χ4n) is 2.57. The van der Waals surface area contributed by atoms with E-state index in [1.165, 1.54) is 13.0 Å². The molecule has 1 aliphatic heterocycles. The summed E-state index contributed by atoms with van der Waals surface area (Å²) < 4.78 is 1.86. The molecule has 0 aromatic carbocycles. The zero-order valence-electron chi connectivity index (χ0n) is 11.4. The fraction of sp³-hybridized carbons (Fsp3) is 0.643. The third-order valence-electron chi connectivity index (χ3n) is 3.64. The van der Waals surface area contributed by atoms with E-state index in [4.69, 9.17) is 0 Å². The fourth-order valence-corrected chi connectivity index (χ4v) is 2.57. The Bertz CT molecular complexity index is 391. The van der Waals surface area contributed by atoms with Crippen LogP contribution >= 0.6 is 0 Å². The van der Waals surface area contributed by atoms with Gasteiger partial charge < -0.3 is 14.8 Å². The van der Waals surface area contributed by atoms with Crippen LogP contribution in [0.15, 0.2) is 18.3 Å². The summed E-state index contributed by atoms with van der Waals surface area (Å²) in [4.78, 5) is 14.5. The van der Waals surface area contributed by atoms with Gasteiger partial charge in [-0.3, -0.25) is 4.79 Å². The molecule has 0 bridgehead atoms. The standard InChI is InChI=1S/C14H23N3O/c1-3-8-17-10-6-12(7-11-17)15-14(18)13-5-4-9-16(13)2/h4-5,9,12H,3,6-8,10-11H2,1-2H3,(H,15,18). The van der Waals surface area contributed by atoms with Crippen LogP contribution in [0.2, 0.25) is 0 Å². The van der Waals surface area contributed by atoms with Crippen LogP contribution in [0.25, 0.3) is 0 Å². The molecule has 1 fully saturated rings. The van der Waals surface area contributed by atoms with Crippen LogP contribution in [0.1, 0.15) is 36.7 Å². The first-order valence-corrected chi connectivity index (χ1v) is 6.85. The second-order valence-corrected chi connectivity index (χ2v) is 5.09. The molecule has 0 aliphatic carbocycles. The minimum absolute atomic E-state index is 0.0523. The average molecular weight is 249 g/mol. The van der Waals surface area contributed by atoms with Gasteiger partial charge in [-0.25, -0.2) is 0 Å². The van der Waals surface area contributed by atoms with Crippen molar-refractivity contribution in [2.75, 3.05) is 19.6 Å². The molecule has 0 atom stereocenters. The number of aryl methyl sites for hydroxylation is 1. The summed E-state index contributed by atoms with van der Waals surface area (Å²) in [6.45, 7) is 5.60. The summed E-state index contributed by atoms with van der Waals surface area (Å²) in [5, 5.41) is 3.14. The molecule has 1 saturated heterocycles. The number of carbonyl (C=O) groups is 1. The van der Waals surface area contributed by atoms with E-state index in [1.54, 1.807) is 0 Å². The first-order valence-electron chi connectivity index (χ1n) is 6.85. The van der Waals surface area contributed by atoms with Gasteiger partial charge in [0.05, 0.1) is 0 Å². The van der Waals surface area contributed by atoms with Gasteiger partial charge in [0.2, 0.25) is 0 Å². The van der Waals surface area contributed by atoms with E-state index in [-0.39, 0.29) is 5.91 Å². The molecule has 0 unspecified atom stereocenters. The molecule has 4 nitrogen and oxygen atoms in total. The van der Waals surface area contributed by atoms with Gasteiger partial charge in [0.15, 0.2) is 0 Å². The molecule has 0 spiro atoms. The molecule has 1 aliphatic rings. The zero-order valence-corrected chi connectivity index (χ0v) is 11.4. The van der Waals surface area contributed by atoms with Crippen molar-refractivity contribution in [2.24, 2.45) is 7.05 Å². The third-order valence-corrected chi connectivity index (χ3v) is 3.64. The van der Waals surface area contributed by atoms with Crippen molar-refractivity contribution in [3.05, 3.63) is 24.0 Å². The first-order chi connectivity index (χ1) is 8.70. The van der Waals surface area contributed by atoms with Crippen molar-refractivity contribution in [1.82, 2.24) is 14.8 Å². The SMILES string of the molecule is CCCN1CCC(NC(=O)c2cccn2C)CC1. The number of hydrogen-bond donors (Lipinski definition) is 1. The Morgan fingerprint density at radius 1 is 1.44 bits per heavy atom. The van der Waals surface area contributed by atoms with Crippen LogP contribution in [0, 0.1) is 0 Å². The third kappa shape index (κ3) is 3.13. The summed E-state index contributed by atoms with van der Waals surface area (Å²) in [6.07, 6.45) is 5.24. The Morgan fingerprint density at radius 2 is 2.17 bits per heavy atom. The van der Waals surface area contributed by atoms with Crippen molar-refractivity contribution < 1.29 is 4.79 Å². The number of nitrogens with zero attached hydrogens (tertiary/aromatic N) is 2. The monoisotopic (exact) mass is 249 g/mol. The van der Waals surface area contributed by atoms with Crippen LogP contribution in [0.4, 0.5) is 0 Å². The summed E-state index contributed by atoms with van der Waals surface area (Å²) >= 11 is 0. The Hall–Kier alpha value is -1.29. The topological polar surface area (TPSA) is 37.3 Å². The number of carbonyl (C=O) groups excluding carboxylic acids is 1. The molecule has 1 amide bonds. The Kier molecular flexibility index (Phi) is 4.42. The van der Waals surface area contributed by atoms with Gasteiger partial charge >= 0.3 is 0 Å². The number of amides is 1. The largest absolute Gasteiger partial charge is 0.348 e. The number of hydrogen-bond acceptors (Lipinski definition) is 2. The zero-order chi connectivity index (χ0) is 13.0. The van der Waals surface area contributed by atoms with E-state index < -0.39 is 0 Å². The summed E-state index contributed by atoms with van der Waals surface area (Å²) in [7, 11) is 1.90. The van der Waals surface area contributed by atoms with E-state index >= 15 is 0 Å². The molecule has 1 aromatic rings. The highest BCUT2D eigenvalue weighted by atomic mass is 16.2. The Labute approximate surface area is 109 Å². The van der Waals surface area contributed by atoms with Gasteiger partial charge in [-0.15, -0.1) is 0 Å². The quantitative estimate of drug-likeness (QED) is 0.880. The van der Waals surface area contributed by atoms with E-state index in [9.17, 15) is 4.79 Å². The summed E-state index contributed by atoms with van der Waals surface area (Å²) in [5.41, 5.74) is 0.742. The van der Waals surface area contributed by atoms with Gasteiger partial charge in [-0.05, 0) is 37.9 Å². The molecule has 1 N–H and O–H groups in total. The Balaban J connectivity index is 1.81. The lowest BCUT2D eigenvalue weighted by Crippen LogP contribution is -2.45. The predicted molar refractivity (Wildman–Crippen MR) is 72.6 cm³/mol. The highest BCUT2D eigenvalue weighted by Crippen LogP contribution is 2.11. The predicted octanol–water partition coefficient (Wildman–Crippen LogP) is 1.63. The van der Waals surface area contributed by atoms with Crippen molar-refractivity contribution in [3.8, 4) is 0 Å². The first kappa shape index (κ1) is 13.1. The number of nitrogens with one attached hydrogen (secondary N) is 1. The van der Waals surface area contributed by atoms with Gasteiger partial charge in [0, 0.05) is 32.4 Å². The molecular formula is C14H23N3O. The van der Waals surface area contributed by atoms with Crippen LogP contribution in [-0.4, -0.2) is 41.1 Å². The van der Waals surface area contributed by atoms with Crippen LogP contribution in [0.5, 0.6) is 0 Å². The maximum absolute atomic E-state index is 12.1. The molecule has 2 heterocycles. The molecule has 0 radical (unpaired) electrons. The molecular weight excluding hydrogens is 226 g/mol.